The van der Waals surface area contributed by atoms with Gasteiger partial charge in [-0.25, -0.2) is 4.98 Å². The van der Waals surface area contributed by atoms with Crippen LogP contribution in [0.4, 0.5) is 0 Å². The fourth-order valence-corrected chi connectivity index (χ4v) is 4.98. The normalized spacial score (nSPS) is 11.5. The largest absolute Gasteiger partial charge is 0.446 e. The summed E-state index contributed by atoms with van der Waals surface area (Å²) in [5.74, 6) is 2.19. The zero-order valence-electron chi connectivity index (χ0n) is 15.7. The molecule has 0 radical (unpaired) electrons. The highest BCUT2D eigenvalue weighted by Crippen LogP contribution is 2.32. The number of aromatic nitrogens is 4. The molecule has 0 aliphatic carbocycles. The number of thiazole rings is 1. The molecule has 3 heterocycles. The number of nitrogens with zero attached hydrogens (tertiary/aromatic N) is 4. The highest BCUT2D eigenvalue weighted by molar-refractivity contribution is 9.10. The lowest BCUT2D eigenvalue weighted by Gasteiger charge is -2.12. The molecule has 3 aromatic heterocycles. The Morgan fingerprint density at radius 2 is 1.93 bits per heavy atom. The van der Waals surface area contributed by atoms with Gasteiger partial charge >= 0.3 is 0 Å². The number of benzene rings is 1. The van der Waals surface area contributed by atoms with Crippen LogP contribution in [0.3, 0.4) is 0 Å². The van der Waals surface area contributed by atoms with Crippen LogP contribution in [-0.2, 0) is 5.75 Å². The van der Waals surface area contributed by atoms with Crippen LogP contribution < -0.4 is 0 Å². The quantitative estimate of drug-likeness (QED) is 0.294. The second-order valence-corrected chi connectivity index (χ2v) is 9.25. The Morgan fingerprint density at radius 1 is 1.14 bits per heavy atom. The molecule has 0 saturated carbocycles. The Hall–Kier alpha value is -1.90. The minimum Gasteiger partial charge on any atom is -0.446 e. The van der Waals surface area contributed by atoms with Gasteiger partial charge in [-0.3, -0.25) is 4.57 Å². The van der Waals surface area contributed by atoms with Crippen molar-refractivity contribution in [2.24, 2.45) is 0 Å². The highest BCUT2D eigenvalue weighted by Gasteiger charge is 2.19. The van der Waals surface area contributed by atoms with Gasteiger partial charge in [0.2, 0.25) is 5.82 Å². The maximum Gasteiger partial charge on any atom is 0.200 e. The Balaban J connectivity index is 1.52. The molecule has 144 valence electrons. The van der Waals surface area contributed by atoms with Gasteiger partial charge in [-0.1, -0.05) is 41.6 Å². The van der Waals surface area contributed by atoms with Crippen LogP contribution in [0, 0.1) is 6.92 Å². The topological polar surface area (TPSA) is 56.7 Å². The van der Waals surface area contributed by atoms with E-state index in [9.17, 15) is 0 Å². The molecular formula is C20H19BrN4OS2. The molecule has 1 aromatic carbocycles. The van der Waals surface area contributed by atoms with E-state index in [2.05, 4.69) is 81.1 Å². The molecule has 8 heteroatoms. The third-order valence-corrected chi connectivity index (χ3v) is 6.52. The molecule has 0 fully saturated rings. The lowest BCUT2D eigenvalue weighted by Crippen LogP contribution is -2.04. The van der Waals surface area contributed by atoms with Crippen molar-refractivity contribution in [2.45, 2.75) is 37.7 Å². The second kappa shape index (κ2) is 8.23. The molecule has 0 atom stereocenters. The average Bonchev–Trinajstić information content (AvgIpc) is 3.39. The van der Waals surface area contributed by atoms with E-state index in [4.69, 9.17) is 9.40 Å². The van der Waals surface area contributed by atoms with Crippen LogP contribution in [0.5, 0.6) is 0 Å². The Bertz CT molecular complexity index is 1080. The average molecular weight is 475 g/mol. The van der Waals surface area contributed by atoms with Crippen LogP contribution in [0.15, 0.2) is 56.0 Å². The standard InChI is InChI=1S/C20H19BrN4OS2/c1-12(2)25-18(16-8-9-17(21)26-16)23-24-20(25)28-11-15-10-27-19(22-15)14-6-4-13(3)5-7-14/h4-10,12H,11H2,1-3H3. The van der Waals surface area contributed by atoms with Crippen molar-refractivity contribution in [3.8, 4) is 22.2 Å². The molecule has 4 rings (SSSR count). The van der Waals surface area contributed by atoms with Gasteiger partial charge < -0.3 is 4.42 Å². The van der Waals surface area contributed by atoms with Crippen molar-refractivity contribution < 1.29 is 4.42 Å². The number of thioether (sulfide) groups is 1. The molecule has 4 aromatic rings. The lowest BCUT2D eigenvalue weighted by molar-refractivity contribution is 0.519. The van der Waals surface area contributed by atoms with E-state index < -0.39 is 0 Å². The smallest absolute Gasteiger partial charge is 0.200 e. The number of rotatable bonds is 6. The summed E-state index contributed by atoms with van der Waals surface area (Å²) in [4.78, 5) is 4.78. The molecule has 0 aliphatic rings. The number of hydrogen-bond acceptors (Lipinski definition) is 6. The van der Waals surface area contributed by atoms with Crippen LogP contribution >= 0.6 is 39.0 Å². The summed E-state index contributed by atoms with van der Waals surface area (Å²) in [6.45, 7) is 6.33. The molecule has 0 amide bonds. The molecule has 0 aliphatic heterocycles. The molecule has 28 heavy (non-hydrogen) atoms. The third kappa shape index (κ3) is 4.09. The molecule has 0 spiro atoms. The lowest BCUT2D eigenvalue weighted by atomic mass is 10.2. The summed E-state index contributed by atoms with van der Waals surface area (Å²) < 4.78 is 8.45. The molecular weight excluding hydrogens is 456 g/mol. The van der Waals surface area contributed by atoms with Crippen molar-refractivity contribution in [1.29, 1.82) is 0 Å². The third-order valence-electron chi connectivity index (χ3n) is 4.17. The van der Waals surface area contributed by atoms with Gasteiger partial charge in [-0.15, -0.1) is 21.5 Å². The van der Waals surface area contributed by atoms with Crippen LogP contribution in [0.1, 0.15) is 31.1 Å². The monoisotopic (exact) mass is 474 g/mol. The predicted octanol–water partition coefficient (Wildman–Crippen LogP) is 6.61. The second-order valence-electron chi connectivity index (χ2n) is 6.67. The SMILES string of the molecule is Cc1ccc(-c2nc(CSc3nnc(-c4ccc(Br)o4)n3C(C)C)cs2)cc1. The number of hydrogen-bond donors (Lipinski definition) is 0. The summed E-state index contributed by atoms with van der Waals surface area (Å²) in [5, 5.41) is 12.8. The first-order valence-corrected chi connectivity index (χ1v) is 11.5. The van der Waals surface area contributed by atoms with Gasteiger partial charge in [-0.2, -0.15) is 0 Å². The summed E-state index contributed by atoms with van der Waals surface area (Å²) in [6.07, 6.45) is 0. The number of halogens is 1. The summed E-state index contributed by atoms with van der Waals surface area (Å²) >= 11 is 6.66. The molecule has 0 saturated heterocycles. The van der Waals surface area contributed by atoms with Gasteiger partial charge in [0.25, 0.3) is 0 Å². The van der Waals surface area contributed by atoms with E-state index in [1.165, 1.54) is 5.56 Å². The number of aryl methyl sites for hydroxylation is 1. The Kier molecular flexibility index (Phi) is 5.70. The fourth-order valence-electron chi connectivity index (χ4n) is 2.78. The van der Waals surface area contributed by atoms with E-state index in [1.54, 1.807) is 23.1 Å². The van der Waals surface area contributed by atoms with E-state index >= 15 is 0 Å². The first-order chi connectivity index (χ1) is 13.5. The van der Waals surface area contributed by atoms with Crippen molar-refractivity contribution in [3.05, 3.63) is 57.7 Å². The summed E-state index contributed by atoms with van der Waals surface area (Å²) in [7, 11) is 0. The summed E-state index contributed by atoms with van der Waals surface area (Å²) in [6, 6.07) is 12.5. The minimum absolute atomic E-state index is 0.218. The van der Waals surface area contributed by atoms with Gasteiger partial charge in [0.05, 0.1) is 5.69 Å². The van der Waals surface area contributed by atoms with E-state index in [0.29, 0.717) is 10.4 Å². The van der Waals surface area contributed by atoms with E-state index in [0.717, 1.165) is 33.0 Å². The van der Waals surface area contributed by atoms with Gasteiger partial charge in [-0.05, 0) is 48.8 Å². The van der Waals surface area contributed by atoms with E-state index in [-0.39, 0.29) is 6.04 Å². The van der Waals surface area contributed by atoms with Gasteiger partial charge in [0, 0.05) is 22.7 Å². The predicted molar refractivity (Wildman–Crippen MR) is 118 cm³/mol. The van der Waals surface area contributed by atoms with Crippen molar-refractivity contribution in [1.82, 2.24) is 19.7 Å². The van der Waals surface area contributed by atoms with Gasteiger partial charge in [0.15, 0.2) is 15.6 Å². The minimum atomic E-state index is 0.218. The zero-order valence-corrected chi connectivity index (χ0v) is 18.9. The highest BCUT2D eigenvalue weighted by atomic mass is 79.9. The molecule has 0 unspecified atom stereocenters. The van der Waals surface area contributed by atoms with Crippen molar-refractivity contribution >= 4 is 39.0 Å². The van der Waals surface area contributed by atoms with E-state index in [1.807, 2.05) is 12.1 Å². The maximum absolute atomic E-state index is 5.67. The fraction of sp³-hybridized carbons (Fsp3) is 0.250. The van der Waals surface area contributed by atoms with Crippen LogP contribution in [0.2, 0.25) is 0 Å². The molecule has 0 N–H and O–H groups in total. The number of furan rings is 1. The first-order valence-electron chi connectivity index (χ1n) is 8.86. The van der Waals surface area contributed by atoms with Crippen molar-refractivity contribution in [2.75, 3.05) is 0 Å². The van der Waals surface area contributed by atoms with Gasteiger partial charge in [0.1, 0.15) is 5.01 Å². The van der Waals surface area contributed by atoms with Crippen LogP contribution in [-0.4, -0.2) is 19.7 Å². The van der Waals surface area contributed by atoms with Crippen LogP contribution in [0.25, 0.3) is 22.2 Å². The van der Waals surface area contributed by atoms with Crippen molar-refractivity contribution in [3.63, 3.8) is 0 Å². The first kappa shape index (κ1) is 19.4. The Labute approximate surface area is 180 Å². The maximum atomic E-state index is 5.67. The summed E-state index contributed by atoms with van der Waals surface area (Å²) in [5.41, 5.74) is 3.46. The molecule has 5 nitrogen and oxygen atoms in total. The molecule has 0 bridgehead atoms. The Morgan fingerprint density at radius 3 is 2.61 bits per heavy atom. The zero-order chi connectivity index (χ0) is 19.7.